The first-order chi connectivity index (χ1) is 10.7. The van der Waals surface area contributed by atoms with Gasteiger partial charge in [-0.15, -0.1) is 0 Å². The molecule has 1 saturated heterocycles. The highest BCUT2D eigenvalue weighted by atomic mass is 35.5. The molecule has 2 nitrogen and oxygen atoms in total. The van der Waals surface area contributed by atoms with E-state index in [2.05, 4.69) is 22.3 Å². The molecule has 2 aromatic rings. The quantitative estimate of drug-likeness (QED) is 0.859. The lowest BCUT2D eigenvalue weighted by Crippen LogP contribution is -2.32. The third-order valence-corrected chi connectivity index (χ3v) is 5.04. The Hall–Kier alpha value is -1.58. The Morgan fingerprint density at radius 3 is 2.95 bits per heavy atom. The van der Waals surface area contributed by atoms with Crippen LogP contribution >= 0.6 is 11.6 Å². The Bertz CT molecular complexity index is 696. The molecule has 0 saturated carbocycles. The molecule has 0 aliphatic carbocycles. The van der Waals surface area contributed by atoms with E-state index in [0.29, 0.717) is 16.6 Å². The summed E-state index contributed by atoms with van der Waals surface area (Å²) in [5.41, 5.74) is 3.99. The van der Waals surface area contributed by atoms with Gasteiger partial charge in [-0.25, -0.2) is 4.39 Å². The van der Waals surface area contributed by atoms with Gasteiger partial charge < -0.3 is 10.2 Å². The molecule has 0 amide bonds. The Labute approximate surface area is 134 Å². The van der Waals surface area contributed by atoms with Crippen LogP contribution in [0.25, 0.3) is 11.1 Å². The van der Waals surface area contributed by atoms with E-state index in [0.717, 1.165) is 38.0 Å². The lowest BCUT2D eigenvalue weighted by atomic mass is 10.00. The molecule has 0 bridgehead atoms. The number of fused-ring (bicyclic) bond motifs is 3. The minimum Gasteiger partial charge on any atom is -0.367 e. The Kier molecular flexibility index (Phi) is 3.55. The molecular weight excluding hydrogens is 299 g/mol. The van der Waals surface area contributed by atoms with E-state index in [-0.39, 0.29) is 5.82 Å². The second-order valence-corrected chi connectivity index (χ2v) is 6.44. The van der Waals surface area contributed by atoms with Gasteiger partial charge in [0.05, 0.1) is 5.02 Å². The third kappa shape index (κ3) is 2.29. The lowest BCUT2D eigenvalue weighted by Gasteiger charge is -2.24. The zero-order valence-electron chi connectivity index (χ0n) is 12.3. The summed E-state index contributed by atoms with van der Waals surface area (Å²) in [6, 6.07) is 11.6. The number of rotatable bonds is 1. The SMILES string of the molecule is Fc1cccc(Cl)c1-c1ccc2c(c1)CC1CCNCCN21. The standard InChI is InChI=1S/C18H18ClFN2/c19-15-2-1-3-16(20)18(15)12-4-5-17-13(10-12)11-14-6-7-21-8-9-22(14)17/h1-5,10,14,21H,6-9,11H2. The van der Waals surface area contributed by atoms with E-state index in [1.54, 1.807) is 12.1 Å². The highest BCUT2D eigenvalue weighted by Gasteiger charge is 2.30. The first-order valence-electron chi connectivity index (χ1n) is 7.79. The molecule has 1 N–H and O–H groups in total. The van der Waals surface area contributed by atoms with E-state index in [4.69, 9.17) is 11.6 Å². The highest BCUT2D eigenvalue weighted by Crippen LogP contribution is 2.38. The van der Waals surface area contributed by atoms with E-state index in [9.17, 15) is 4.39 Å². The molecule has 0 spiro atoms. The molecule has 2 aliphatic heterocycles. The van der Waals surface area contributed by atoms with Gasteiger partial charge in [0, 0.05) is 30.4 Å². The molecular formula is C18H18ClFN2. The van der Waals surface area contributed by atoms with Gasteiger partial charge in [-0.1, -0.05) is 23.7 Å². The van der Waals surface area contributed by atoms with E-state index >= 15 is 0 Å². The molecule has 1 fully saturated rings. The van der Waals surface area contributed by atoms with Gasteiger partial charge in [-0.3, -0.25) is 0 Å². The second-order valence-electron chi connectivity index (χ2n) is 6.03. The topological polar surface area (TPSA) is 15.3 Å². The normalized spacial score (nSPS) is 20.5. The predicted octanol–water partition coefficient (Wildman–Crippen LogP) is 3.87. The van der Waals surface area contributed by atoms with Crippen LogP contribution in [-0.2, 0) is 6.42 Å². The summed E-state index contributed by atoms with van der Waals surface area (Å²) >= 11 is 6.20. The van der Waals surface area contributed by atoms with Crippen molar-refractivity contribution in [2.45, 2.75) is 18.9 Å². The van der Waals surface area contributed by atoms with E-state index in [1.807, 2.05) is 6.07 Å². The van der Waals surface area contributed by atoms with E-state index < -0.39 is 0 Å². The molecule has 2 aliphatic rings. The Morgan fingerprint density at radius 1 is 1.18 bits per heavy atom. The monoisotopic (exact) mass is 316 g/mol. The molecule has 2 heterocycles. The maximum atomic E-state index is 14.1. The average Bonchev–Trinajstić information content (AvgIpc) is 2.68. The molecule has 1 unspecified atom stereocenters. The molecule has 0 aromatic heterocycles. The number of halogens is 2. The molecule has 0 radical (unpaired) electrons. The first-order valence-corrected chi connectivity index (χ1v) is 8.16. The second kappa shape index (κ2) is 5.56. The van der Waals surface area contributed by atoms with Gasteiger partial charge in [0.1, 0.15) is 5.82 Å². The average molecular weight is 317 g/mol. The van der Waals surface area contributed by atoms with Gasteiger partial charge in [-0.05, 0) is 54.8 Å². The summed E-state index contributed by atoms with van der Waals surface area (Å²) in [5.74, 6) is -0.260. The minimum atomic E-state index is -0.260. The van der Waals surface area contributed by atoms with Crippen LogP contribution in [-0.4, -0.2) is 25.7 Å². The fourth-order valence-electron chi connectivity index (χ4n) is 3.67. The fraction of sp³-hybridized carbons (Fsp3) is 0.333. The van der Waals surface area contributed by atoms with Crippen LogP contribution in [0.4, 0.5) is 10.1 Å². The van der Waals surface area contributed by atoms with Crippen LogP contribution in [0, 0.1) is 5.82 Å². The maximum Gasteiger partial charge on any atom is 0.132 e. The third-order valence-electron chi connectivity index (χ3n) is 4.72. The van der Waals surface area contributed by atoms with Gasteiger partial charge in [-0.2, -0.15) is 0 Å². The number of hydrogen-bond donors (Lipinski definition) is 1. The molecule has 1 atom stereocenters. The summed E-state index contributed by atoms with van der Waals surface area (Å²) < 4.78 is 14.1. The van der Waals surface area contributed by atoms with Crippen LogP contribution in [0.1, 0.15) is 12.0 Å². The van der Waals surface area contributed by atoms with Crippen molar-refractivity contribution in [2.75, 3.05) is 24.5 Å². The summed E-state index contributed by atoms with van der Waals surface area (Å²) in [6.07, 6.45) is 2.20. The van der Waals surface area contributed by atoms with Crippen molar-refractivity contribution in [3.63, 3.8) is 0 Å². The van der Waals surface area contributed by atoms with Crippen LogP contribution in [0.15, 0.2) is 36.4 Å². The van der Waals surface area contributed by atoms with Gasteiger partial charge in [0.2, 0.25) is 0 Å². The number of anilines is 1. The van der Waals surface area contributed by atoms with Gasteiger partial charge >= 0.3 is 0 Å². The number of hydrogen-bond acceptors (Lipinski definition) is 2. The molecule has 4 rings (SSSR count). The van der Waals surface area contributed by atoms with Gasteiger partial charge in [0.25, 0.3) is 0 Å². The van der Waals surface area contributed by atoms with E-state index in [1.165, 1.54) is 17.3 Å². The fourth-order valence-corrected chi connectivity index (χ4v) is 3.95. The van der Waals surface area contributed by atoms with Crippen molar-refractivity contribution < 1.29 is 4.39 Å². The van der Waals surface area contributed by atoms with Crippen LogP contribution in [0.3, 0.4) is 0 Å². The molecule has 22 heavy (non-hydrogen) atoms. The summed E-state index contributed by atoms with van der Waals surface area (Å²) in [7, 11) is 0. The van der Waals surface area contributed by atoms with Crippen LogP contribution in [0.2, 0.25) is 5.02 Å². The Morgan fingerprint density at radius 2 is 2.09 bits per heavy atom. The minimum absolute atomic E-state index is 0.260. The number of nitrogens with one attached hydrogen (secondary N) is 1. The summed E-state index contributed by atoms with van der Waals surface area (Å²) in [6.45, 7) is 3.13. The van der Waals surface area contributed by atoms with Crippen molar-refractivity contribution in [2.24, 2.45) is 0 Å². The van der Waals surface area contributed by atoms with Gasteiger partial charge in [0.15, 0.2) is 0 Å². The van der Waals surface area contributed by atoms with Crippen LogP contribution in [0.5, 0.6) is 0 Å². The largest absolute Gasteiger partial charge is 0.367 e. The van der Waals surface area contributed by atoms with Crippen molar-refractivity contribution in [3.8, 4) is 11.1 Å². The lowest BCUT2D eigenvalue weighted by molar-refractivity contribution is 0.612. The molecule has 2 aromatic carbocycles. The predicted molar refractivity (Wildman–Crippen MR) is 89.2 cm³/mol. The van der Waals surface area contributed by atoms with Crippen molar-refractivity contribution in [1.82, 2.24) is 5.32 Å². The van der Waals surface area contributed by atoms with Crippen molar-refractivity contribution in [3.05, 3.63) is 52.8 Å². The number of nitrogens with zero attached hydrogens (tertiary/aromatic N) is 1. The maximum absolute atomic E-state index is 14.1. The van der Waals surface area contributed by atoms with Crippen molar-refractivity contribution >= 4 is 17.3 Å². The smallest absolute Gasteiger partial charge is 0.132 e. The zero-order valence-corrected chi connectivity index (χ0v) is 13.0. The zero-order chi connectivity index (χ0) is 15.1. The summed E-state index contributed by atoms with van der Waals surface area (Å²) in [4.78, 5) is 2.49. The Balaban J connectivity index is 1.75. The van der Waals surface area contributed by atoms with Crippen molar-refractivity contribution in [1.29, 1.82) is 0 Å². The number of benzene rings is 2. The summed E-state index contributed by atoms with van der Waals surface area (Å²) in [5, 5.41) is 3.92. The van der Waals surface area contributed by atoms with Crippen LogP contribution < -0.4 is 10.2 Å². The first kappa shape index (κ1) is 14.0. The highest BCUT2D eigenvalue weighted by molar-refractivity contribution is 6.33. The molecule has 4 heteroatoms. The molecule has 114 valence electrons.